The Morgan fingerprint density at radius 1 is 1.73 bits per heavy atom. The van der Waals surface area contributed by atoms with Gasteiger partial charge in [0, 0.05) is 0 Å². The van der Waals surface area contributed by atoms with E-state index in [0.717, 1.165) is 6.42 Å². The maximum atomic E-state index is 5.48. The average Bonchev–Trinajstić information content (AvgIpc) is 2.46. The van der Waals surface area contributed by atoms with Crippen LogP contribution in [0.4, 0.5) is 0 Å². The van der Waals surface area contributed by atoms with Crippen molar-refractivity contribution in [2.45, 2.75) is 31.7 Å². The van der Waals surface area contributed by atoms with E-state index in [9.17, 15) is 0 Å². The molecule has 2 N–H and O–H groups in total. The van der Waals surface area contributed by atoms with E-state index in [-0.39, 0.29) is 5.54 Å². The Morgan fingerprint density at radius 2 is 2.55 bits per heavy atom. The Kier molecular flexibility index (Phi) is 1.34. The van der Waals surface area contributed by atoms with E-state index in [2.05, 4.69) is 11.9 Å². The smallest absolute Gasteiger partial charge is 0.282 e. The zero-order valence-corrected chi connectivity index (χ0v) is 6.84. The molecule has 3 nitrogen and oxygen atoms in total. The van der Waals surface area contributed by atoms with Gasteiger partial charge in [0.05, 0.1) is 0 Å². The highest BCUT2D eigenvalue weighted by Gasteiger charge is 2.44. The molecule has 1 fully saturated rings. The van der Waals surface area contributed by atoms with Crippen LogP contribution in [0.5, 0.6) is 0 Å². The normalized spacial score (nSPS) is 42.6. The van der Waals surface area contributed by atoms with Crippen LogP contribution < -0.4 is 5.73 Å². The molecular formula is C8H14N2O. The van der Waals surface area contributed by atoms with Crippen molar-refractivity contribution in [3.63, 3.8) is 0 Å². The number of hydrogen-bond acceptors (Lipinski definition) is 3. The van der Waals surface area contributed by atoms with Gasteiger partial charge in [-0.05, 0) is 18.8 Å². The van der Waals surface area contributed by atoms with E-state index in [4.69, 9.17) is 10.5 Å². The summed E-state index contributed by atoms with van der Waals surface area (Å²) in [5, 5.41) is 0. The molecule has 1 heterocycles. The fourth-order valence-corrected chi connectivity index (χ4v) is 2.09. The zero-order valence-electron chi connectivity index (χ0n) is 6.84. The summed E-state index contributed by atoms with van der Waals surface area (Å²) in [6.07, 6.45) is 3.68. The number of ether oxygens (including phenoxy) is 1. The molecule has 0 bridgehead atoms. The fourth-order valence-electron chi connectivity index (χ4n) is 2.09. The van der Waals surface area contributed by atoms with Gasteiger partial charge in [0.15, 0.2) is 0 Å². The third-order valence-corrected chi connectivity index (χ3v) is 2.97. The van der Waals surface area contributed by atoms with Crippen LogP contribution in [0.15, 0.2) is 4.99 Å². The van der Waals surface area contributed by atoms with Gasteiger partial charge < -0.3 is 10.5 Å². The van der Waals surface area contributed by atoms with Gasteiger partial charge in [0.1, 0.15) is 12.1 Å². The fraction of sp³-hybridized carbons (Fsp3) is 0.875. The van der Waals surface area contributed by atoms with Gasteiger partial charge in [-0.15, -0.1) is 0 Å². The molecule has 0 aromatic carbocycles. The first-order chi connectivity index (χ1) is 5.23. The first-order valence-corrected chi connectivity index (χ1v) is 4.21. The lowest BCUT2D eigenvalue weighted by Gasteiger charge is -2.21. The van der Waals surface area contributed by atoms with Crippen molar-refractivity contribution >= 4 is 6.02 Å². The van der Waals surface area contributed by atoms with Gasteiger partial charge in [0.2, 0.25) is 0 Å². The van der Waals surface area contributed by atoms with Crippen LogP contribution in [-0.4, -0.2) is 18.2 Å². The molecule has 0 aromatic heterocycles. The number of nitrogens with two attached hydrogens (primary N) is 1. The van der Waals surface area contributed by atoms with Gasteiger partial charge in [-0.3, -0.25) is 0 Å². The Balaban J connectivity index is 2.22. The molecule has 1 aliphatic heterocycles. The second-order valence-electron chi connectivity index (χ2n) is 3.64. The van der Waals surface area contributed by atoms with Crippen LogP contribution in [0.3, 0.4) is 0 Å². The molecule has 1 aliphatic carbocycles. The summed E-state index contributed by atoms with van der Waals surface area (Å²) in [6.45, 7) is 2.94. The first-order valence-electron chi connectivity index (χ1n) is 4.21. The molecule has 0 aromatic rings. The summed E-state index contributed by atoms with van der Waals surface area (Å²) in [5.41, 5.74) is 5.54. The summed E-state index contributed by atoms with van der Waals surface area (Å²) >= 11 is 0. The highest BCUT2D eigenvalue weighted by atomic mass is 16.5. The Labute approximate surface area is 66.6 Å². The summed E-state index contributed by atoms with van der Waals surface area (Å²) < 4.78 is 5.19. The molecule has 2 aliphatic rings. The van der Waals surface area contributed by atoms with Crippen LogP contribution >= 0.6 is 0 Å². The van der Waals surface area contributed by atoms with Crippen LogP contribution in [0.25, 0.3) is 0 Å². The second-order valence-corrected chi connectivity index (χ2v) is 3.64. The van der Waals surface area contributed by atoms with Crippen molar-refractivity contribution in [3.05, 3.63) is 0 Å². The standard InChI is InChI=1S/C8H14N2O/c1-6-3-2-4-8(6)5-11-7(9)10-8/h6H,2-5H2,1H3,(H2,9,10). The van der Waals surface area contributed by atoms with Crippen molar-refractivity contribution in [1.29, 1.82) is 0 Å². The Morgan fingerprint density at radius 3 is 3.00 bits per heavy atom. The Bertz CT molecular complexity index is 202. The van der Waals surface area contributed by atoms with E-state index in [1.54, 1.807) is 0 Å². The molecule has 2 atom stereocenters. The van der Waals surface area contributed by atoms with Crippen LogP contribution in [-0.2, 0) is 4.74 Å². The van der Waals surface area contributed by atoms with Gasteiger partial charge >= 0.3 is 0 Å². The van der Waals surface area contributed by atoms with E-state index < -0.39 is 0 Å². The van der Waals surface area contributed by atoms with E-state index in [1.165, 1.54) is 12.8 Å². The second kappa shape index (κ2) is 2.13. The number of amidine groups is 1. The minimum absolute atomic E-state index is 0.0596. The molecule has 62 valence electrons. The summed E-state index contributed by atoms with van der Waals surface area (Å²) in [4.78, 5) is 4.37. The van der Waals surface area contributed by atoms with Gasteiger partial charge in [-0.25, -0.2) is 4.99 Å². The summed E-state index contributed by atoms with van der Waals surface area (Å²) in [5.74, 6) is 0.642. The SMILES string of the molecule is CC1CCCC12COC(N)=N2. The Hall–Kier alpha value is -0.730. The minimum Gasteiger partial charge on any atom is -0.463 e. The third kappa shape index (κ3) is 0.905. The highest BCUT2D eigenvalue weighted by molar-refractivity contribution is 5.73. The summed E-state index contributed by atoms with van der Waals surface area (Å²) in [6, 6.07) is 0.388. The molecule has 2 rings (SSSR count). The van der Waals surface area contributed by atoms with Gasteiger partial charge in [0.25, 0.3) is 6.02 Å². The topological polar surface area (TPSA) is 47.6 Å². The average molecular weight is 154 g/mol. The van der Waals surface area contributed by atoms with Crippen molar-refractivity contribution in [2.75, 3.05) is 6.61 Å². The molecule has 2 unspecified atom stereocenters. The monoisotopic (exact) mass is 154 g/mol. The molecule has 0 amide bonds. The van der Waals surface area contributed by atoms with Crippen molar-refractivity contribution in [1.82, 2.24) is 0 Å². The predicted octanol–water partition coefficient (Wildman–Crippen LogP) is 0.890. The molecule has 11 heavy (non-hydrogen) atoms. The quantitative estimate of drug-likeness (QED) is 0.563. The summed E-state index contributed by atoms with van der Waals surface area (Å²) in [7, 11) is 0. The highest BCUT2D eigenvalue weighted by Crippen LogP contribution is 2.40. The molecular weight excluding hydrogens is 140 g/mol. The van der Waals surface area contributed by atoms with Crippen LogP contribution in [0.1, 0.15) is 26.2 Å². The van der Waals surface area contributed by atoms with Gasteiger partial charge in [-0.1, -0.05) is 13.3 Å². The predicted molar refractivity (Wildman–Crippen MR) is 43.3 cm³/mol. The van der Waals surface area contributed by atoms with Crippen LogP contribution in [0.2, 0.25) is 0 Å². The third-order valence-electron chi connectivity index (χ3n) is 2.97. The van der Waals surface area contributed by atoms with E-state index in [1.807, 2.05) is 0 Å². The number of hydrogen-bond donors (Lipinski definition) is 1. The van der Waals surface area contributed by atoms with E-state index >= 15 is 0 Å². The minimum atomic E-state index is 0.0596. The molecule has 0 radical (unpaired) electrons. The lowest BCUT2D eigenvalue weighted by Crippen LogP contribution is -2.30. The lowest BCUT2D eigenvalue weighted by molar-refractivity contribution is 0.220. The number of rotatable bonds is 0. The molecule has 0 saturated heterocycles. The lowest BCUT2D eigenvalue weighted by atomic mass is 9.91. The van der Waals surface area contributed by atoms with Crippen molar-refractivity contribution in [3.8, 4) is 0 Å². The van der Waals surface area contributed by atoms with E-state index in [0.29, 0.717) is 18.5 Å². The van der Waals surface area contributed by atoms with Crippen molar-refractivity contribution in [2.24, 2.45) is 16.6 Å². The van der Waals surface area contributed by atoms with Gasteiger partial charge in [-0.2, -0.15) is 0 Å². The number of nitrogens with zero attached hydrogens (tertiary/aromatic N) is 1. The molecule has 3 heteroatoms. The maximum Gasteiger partial charge on any atom is 0.282 e. The number of aliphatic imine (C=N–C) groups is 1. The van der Waals surface area contributed by atoms with Crippen molar-refractivity contribution < 1.29 is 4.74 Å². The first kappa shape index (κ1) is 6.95. The van der Waals surface area contributed by atoms with Crippen LogP contribution in [0, 0.1) is 5.92 Å². The molecule has 1 spiro atoms. The largest absolute Gasteiger partial charge is 0.463 e. The maximum absolute atomic E-state index is 5.48. The molecule has 1 saturated carbocycles. The zero-order chi connectivity index (χ0) is 7.90.